The quantitative estimate of drug-likeness (QED) is 0.406. The summed E-state index contributed by atoms with van der Waals surface area (Å²) < 4.78 is 4.94. The van der Waals surface area contributed by atoms with Gasteiger partial charge in [0.25, 0.3) is 0 Å². The highest BCUT2D eigenvalue weighted by molar-refractivity contribution is 4.78. The molecule has 0 aliphatic carbocycles. The number of hydrogen-bond donors (Lipinski definition) is 1. The summed E-state index contributed by atoms with van der Waals surface area (Å²) >= 11 is 0. The van der Waals surface area contributed by atoms with Gasteiger partial charge in [0, 0.05) is 6.42 Å². The molecule has 2 nitrogen and oxygen atoms in total. The van der Waals surface area contributed by atoms with E-state index in [1.165, 1.54) is 64.2 Å². The third kappa shape index (κ3) is 8.62. The van der Waals surface area contributed by atoms with Crippen LogP contribution < -0.4 is 0 Å². The first-order chi connectivity index (χ1) is 8.27. The zero-order valence-electron chi connectivity index (χ0n) is 11.5. The number of aliphatic hydroxyl groups is 1. The molecule has 0 aromatic rings. The highest BCUT2D eigenvalue weighted by atomic mass is 16.7. The smallest absolute Gasteiger partial charge is 0.189 e. The Morgan fingerprint density at radius 2 is 1.24 bits per heavy atom. The largest absolute Gasteiger partial charge is 0.364 e. The Kier molecular flexibility index (Phi) is 7.87. The predicted octanol–water partition coefficient (Wildman–Crippen LogP) is 4.41. The molecule has 1 unspecified atom stereocenters. The molecule has 17 heavy (non-hydrogen) atoms. The third-order valence-corrected chi connectivity index (χ3v) is 3.65. The summed E-state index contributed by atoms with van der Waals surface area (Å²) in [5.41, 5.74) is 0. The Labute approximate surface area is 107 Å². The van der Waals surface area contributed by atoms with Crippen molar-refractivity contribution >= 4 is 0 Å². The van der Waals surface area contributed by atoms with Crippen molar-refractivity contribution in [1.29, 1.82) is 0 Å². The van der Waals surface area contributed by atoms with Crippen LogP contribution in [0.5, 0.6) is 0 Å². The topological polar surface area (TPSA) is 32.8 Å². The van der Waals surface area contributed by atoms with Crippen LogP contribution in [0.2, 0.25) is 0 Å². The molecule has 1 aliphatic rings. The third-order valence-electron chi connectivity index (χ3n) is 3.65. The Morgan fingerprint density at radius 3 is 1.65 bits per heavy atom. The van der Waals surface area contributed by atoms with Crippen LogP contribution >= 0.6 is 0 Å². The first-order valence-corrected chi connectivity index (χ1v) is 7.63. The fourth-order valence-electron chi connectivity index (χ4n) is 2.29. The van der Waals surface area contributed by atoms with E-state index in [1.54, 1.807) is 0 Å². The van der Waals surface area contributed by atoms with Gasteiger partial charge in [-0.05, 0) is 6.42 Å². The molecule has 0 bridgehead atoms. The zero-order valence-corrected chi connectivity index (χ0v) is 11.5. The molecule has 0 radical (unpaired) electrons. The molecule has 0 aromatic heterocycles. The molecule has 1 atom stereocenters. The average molecular weight is 242 g/mol. The maximum atomic E-state index is 9.45. The molecule has 1 heterocycles. The number of ether oxygens (including phenoxy) is 1. The van der Waals surface area contributed by atoms with Crippen molar-refractivity contribution in [3.05, 3.63) is 0 Å². The number of hydrogen-bond acceptors (Lipinski definition) is 2. The molecular formula is C15H30O2. The van der Waals surface area contributed by atoms with Crippen molar-refractivity contribution in [2.24, 2.45) is 0 Å². The predicted molar refractivity (Wildman–Crippen MR) is 72.0 cm³/mol. The molecule has 1 aliphatic heterocycles. The normalized spacial score (nSPS) is 22.9. The lowest BCUT2D eigenvalue weighted by molar-refractivity contribution is 0.0265. The minimum Gasteiger partial charge on any atom is -0.364 e. The van der Waals surface area contributed by atoms with E-state index in [0.717, 1.165) is 12.8 Å². The highest BCUT2D eigenvalue weighted by Gasteiger charge is 2.41. The van der Waals surface area contributed by atoms with Crippen LogP contribution in [0.1, 0.15) is 84.0 Å². The second-order valence-electron chi connectivity index (χ2n) is 5.52. The van der Waals surface area contributed by atoms with Crippen LogP contribution in [0, 0.1) is 0 Å². The summed E-state index contributed by atoms with van der Waals surface area (Å²) in [5, 5.41) is 9.45. The molecule has 1 saturated heterocycles. The van der Waals surface area contributed by atoms with Crippen molar-refractivity contribution in [3.63, 3.8) is 0 Å². The van der Waals surface area contributed by atoms with E-state index in [0.29, 0.717) is 6.61 Å². The van der Waals surface area contributed by atoms with Crippen LogP contribution in [-0.2, 0) is 4.74 Å². The SMILES string of the molecule is CCCCCCCCCCCCCC1(O)CO1. The highest BCUT2D eigenvalue weighted by Crippen LogP contribution is 2.29. The van der Waals surface area contributed by atoms with Gasteiger partial charge in [-0.1, -0.05) is 71.1 Å². The van der Waals surface area contributed by atoms with E-state index in [4.69, 9.17) is 4.74 Å². The van der Waals surface area contributed by atoms with E-state index in [-0.39, 0.29) is 0 Å². The lowest BCUT2D eigenvalue weighted by Crippen LogP contribution is -2.07. The molecule has 1 rings (SSSR count). The minimum atomic E-state index is -0.709. The van der Waals surface area contributed by atoms with Gasteiger partial charge in [-0.3, -0.25) is 0 Å². The van der Waals surface area contributed by atoms with Crippen molar-refractivity contribution in [2.75, 3.05) is 6.61 Å². The van der Waals surface area contributed by atoms with Crippen molar-refractivity contribution in [2.45, 2.75) is 89.8 Å². The van der Waals surface area contributed by atoms with E-state index in [1.807, 2.05) is 0 Å². The Bertz CT molecular complexity index is 176. The summed E-state index contributed by atoms with van der Waals surface area (Å²) in [7, 11) is 0. The summed E-state index contributed by atoms with van der Waals surface area (Å²) in [6.45, 7) is 2.83. The fourth-order valence-corrected chi connectivity index (χ4v) is 2.29. The van der Waals surface area contributed by atoms with Crippen molar-refractivity contribution in [3.8, 4) is 0 Å². The molecular weight excluding hydrogens is 212 g/mol. The maximum absolute atomic E-state index is 9.45. The molecule has 1 fully saturated rings. The van der Waals surface area contributed by atoms with Gasteiger partial charge in [-0.25, -0.2) is 0 Å². The van der Waals surface area contributed by atoms with Crippen molar-refractivity contribution in [1.82, 2.24) is 0 Å². The number of epoxide rings is 1. The van der Waals surface area contributed by atoms with E-state index in [2.05, 4.69) is 6.92 Å². The first-order valence-electron chi connectivity index (χ1n) is 7.63. The number of rotatable bonds is 12. The molecule has 0 saturated carbocycles. The summed E-state index contributed by atoms with van der Waals surface area (Å²) in [5.74, 6) is -0.709. The van der Waals surface area contributed by atoms with Gasteiger partial charge < -0.3 is 9.84 Å². The molecule has 1 N–H and O–H groups in total. The minimum absolute atomic E-state index is 0.560. The maximum Gasteiger partial charge on any atom is 0.189 e. The molecule has 0 aromatic carbocycles. The standard InChI is InChI=1S/C15H30O2/c1-2-3-4-5-6-7-8-9-10-11-12-13-15(16)14-17-15/h16H,2-14H2,1H3. The van der Waals surface area contributed by atoms with Crippen LogP contribution in [-0.4, -0.2) is 17.5 Å². The van der Waals surface area contributed by atoms with Crippen LogP contribution in [0.25, 0.3) is 0 Å². The van der Waals surface area contributed by atoms with Gasteiger partial charge in [0.2, 0.25) is 0 Å². The molecule has 0 spiro atoms. The van der Waals surface area contributed by atoms with Crippen molar-refractivity contribution < 1.29 is 9.84 Å². The first kappa shape index (κ1) is 15.0. The van der Waals surface area contributed by atoms with Crippen LogP contribution in [0.15, 0.2) is 0 Å². The van der Waals surface area contributed by atoms with E-state index in [9.17, 15) is 5.11 Å². The lowest BCUT2D eigenvalue weighted by atomic mass is 10.0. The van der Waals surface area contributed by atoms with Gasteiger partial charge in [0.05, 0.1) is 0 Å². The average Bonchev–Trinajstić information content (AvgIpc) is 3.05. The molecule has 2 heteroatoms. The summed E-state index contributed by atoms with van der Waals surface area (Å²) in [6, 6.07) is 0. The summed E-state index contributed by atoms with van der Waals surface area (Å²) in [4.78, 5) is 0. The second-order valence-corrected chi connectivity index (χ2v) is 5.52. The second kappa shape index (κ2) is 8.93. The fraction of sp³-hybridized carbons (Fsp3) is 1.00. The van der Waals surface area contributed by atoms with Gasteiger partial charge in [-0.15, -0.1) is 0 Å². The van der Waals surface area contributed by atoms with E-state index < -0.39 is 5.79 Å². The Morgan fingerprint density at radius 1 is 0.824 bits per heavy atom. The molecule has 102 valence electrons. The Hall–Kier alpha value is -0.0800. The van der Waals surface area contributed by atoms with Gasteiger partial charge in [0.15, 0.2) is 5.79 Å². The zero-order chi connectivity index (χ0) is 12.4. The lowest BCUT2D eigenvalue weighted by Gasteiger charge is -2.04. The van der Waals surface area contributed by atoms with Gasteiger partial charge in [0.1, 0.15) is 6.61 Å². The monoisotopic (exact) mass is 242 g/mol. The van der Waals surface area contributed by atoms with Crippen LogP contribution in [0.4, 0.5) is 0 Å². The van der Waals surface area contributed by atoms with Gasteiger partial charge >= 0.3 is 0 Å². The van der Waals surface area contributed by atoms with E-state index >= 15 is 0 Å². The van der Waals surface area contributed by atoms with Crippen LogP contribution in [0.3, 0.4) is 0 Å². The number of unbranched alkanes of at least 4 members (excludes halogenated alkanes) is 10. The van der Waals surface area contributed by atoms with Gasteiger partial charge in [-0.2, -0.15) is 0 Å². The molecule has 0 amide bonds. The Balaban J connectivity index is 1.67. The summed E-state index contributed by atoms with van der Waals surface area (Å²) in [6.07, 6.45) is 15.7.